The van der Waals surface area contributed by atoms with Crippen molar-refractivity contribution in [1.82, 2.24) is 4.57 Å². The van der Waals surface area contributed by atoms with Crippen molar-refractivity contribution in [2.45, 2.75) is 33.2 Å². The predicted octanol–water partition coefficient (Wildman–Crippen LogP) is 4.78. The molecular weight excluding hydrogens is 230 g/mol. The van der Waals surface area contributed by atoms with Crippen LogP contribution in [0, 0.1) is 5.92 Å². The Balaban J connectivity index is 1.95. The van der Waals surface area contributed by atoms with Crippen LogP contribution < -0.4 is 0 Å². The summed E-state index contributed by atoms with van der Waals surface area (Å²) in [4.78, 5) is 0. The third-order valence-corrected chi connectivity index (χ3v) is 3.93. The molecule has 1 radical (unpaired) electrons. The molecule has 1 aromatic heterocycles. The third-order valence-electron chi connectivity index (χ3n) is 3.93. The van der Waals surface area contributed by atoms with E-state index in [4.69, 9.17) is 0 Å². The molecule has 0 saturated carbocycles. The molecular formula is C18H20N. The lowest BCUT2D eigenvalue weighted by molar-refractivity contribution is 0.629. The molecule has 0 fully saturated rings. The van der Waals surface area contributed by atoms with Crippen molar-refractivity contribution in [2.24, 2.45) is 0 Å². The van der Waals surface area contributed by atoms with Gasteiger partial charge in [0.15, 0.2) is 0 Å². The summed E-state index contributed by atoms with van der Waals surface area (Å²) in [6, 6.07) is 13.0. The van der Waals surface area contributed by atoms with Crippen LogP contribution in [0.5, 0.6) is 0 Å². The number of allylic oxidation sites excluding steroid dienone is 1. The summed E-state index contributed by atoms with van der Waals surface area (Å²) >= 11 is 0. The van der Waals surface area contributed by atoms with Gasteiger partial charge in [-0.15, -0.1) is 0 Å². The number of fused-ring (bicyclic) bond motifs is 1. The van der Waals surface area contributed by atoms with E-state index in [9.17, 15) is 0 Å². The Kier molecular flexibility index (Phi) is 3.29. The topological polar surface area (TPSA) is 4.93 Å². The summed E-state index contributed by atoms with van der Waals surface area (Å²) in [6.07, 6.45) is 6.99. The van der Waals surface area contributed by atoms with Crippen molar-refractivity contribution in [3.05, 3.63) is 65.3 Å². The van der Waals surface area contributed by atoms with E-state index >= 15 is 0 Å². The smallest absolute Gasteiger partial charge is 0.0448 e. The first kappa shape index (κ1) is 12.3. The van der Waals surface area contributed by atoms with Gasteiger partial charge in [-0.25, -0.2) is 0 Å². The van der Waals surface area contributed by atoms with Crippen LogP contribution in [0.25, 0.3) is 11.6 Å². The maximum atomic E-state index is 2.38. The molecule has 0 saturated heterocycles. The van der Waals surface area contributed by atoms with Crippen LogP contribution in [0.15, 0.2) is 42.6 Å². The van der Waals surface area contributed by atoms with E-state index in [1.54, 1.807) is 0 Å². The lowest BCUT2D eigenvalue weighted by atomic mass is 9.96. The first-order valence-electron chi connectivity index (χ1n) is 7.12. The Bertz CT molecular complexity index is 604. The third kappa shape index (κ3) is 2.14. The first-order chi connectivity index (χ1) is 9.31. The highest BCUT2D eigenvalue weighted by molar-refractivity contribution is 5.97. The van der Waals surface area contributed by atoms with Gasteiger partial charge < -0.3 is 4.57 Å². The SMILES string of the molecule is CCCCn1cccc1C1=Cc2ccccc2[C]1C. The quantitative estimate of drug-likeness (QED) is 0.735. The number of unbranched alkanes of at least 4 members (excludes halogenated alkanes) is 1. The van der Waals surface area contributed by atoms with Gasteiger partial charge in [0.25, 0.3) is 0 Å². The molecule has 1 heteroatoms. The fourth-order valence-electron chi connectivity index (χ4n) is 2.82. The summed E-state index contributed by atoms with van der Waals surface area (Å²) < 4.78 is 2.38. The highest BCUT2D eigenvalue weighted by atomic mass is 15.0. The van der Waals surface area contributed by atoms with Crippen LogP contribution in [0.2, 0.25) is 0 Å². The van der Waals surface area contributed by atoms with Crippen molar-refractivity contribution in [2.75, 3.05) is 0 Å². The standard InChI is InChI=1S/C18H20N/c1-3-4-11-19-12-7-10-18(19)17-13-15-8-5-6-9-16(15)14(17)2/h5-10,12-13H,3-4,11H2,1-2H3. The predicted molar refractivity (Wildman–Crippen MR) is 81.7 cm³/mol. The molecule has 1 aromatic carbocycles. The minimum Gasteiger partial charge on any atom is -0.348 e. The van der Waals surface area contributed by atoms with Gasteiger partial charge in [0.05, 0.1) is 0 Å². The molecule has 0 unspecified atom stereocenters. The number of aryl methyl sites for hydroxylation is 1. The molecule has 1 aliphatic carbocycles. The molecule has 0 bridgehead atoms. The summed E-state index contributed by atoms with van der Waals surface area (Å²) in [5, 5.41) is 0. The highest BCUT2D eigenvalue weighted by Crippen LogP contribution is 2.40. The fourth-order valence-corrected chi connectivity index (χ4v) is 2.82. The van der Waals surface area contributed by atoms with Gasteiger partial charge in [-0.3, -0.25) is 0 Å². The number of benzene rings is 1. The lowest BCUT2D eigenvalue weighted by Gasteiger charge is -2.14. The van der Waals surface area contributed by atoms with Gasteiger partial charge in [-0.2, -0.15) is 0 Å². The van der Waals surface area contributed by atoms with Gasteiger partial charge in [0, 0.05) is 24.4 Å². The van der Waals surface area contributed by atoms with Crippen molar-refractivity contribution >= 4 is 11.6 Å². The minimum atomic E-state index is 1.11. The molecule has 2 aromatic rings. The van der Waals surface area contributed by atoms with Crippen LogP contribution in [-0.4, -0.2) is 4.57 Å². The second-order valence-corrected chi connectivity index (χ2v) is 5.21. The van der Waals surface area contributed by atoms with Crippen LogP contribution in [0.4, 0.5) is 0 Å². The lowest BCUT2D eigenvalue weighted by Crippen LogP contribution is -2.03. The number of hydrogen-bond donors (Lipinski definition) is 0. The molecule has 1 heterocycles. The van der Waals surface area contributed by atoms with Gasteiger partial charge in [0.2, 0.25) is 0 Å². The molecule has 0 N–H and O–H groups in total. The summed E-state index contributed by atoms with van der Waals surface area (Å²) in [6.45, 7) is 5.58. The summed E-state index contributed by atoms with van der Waals surface area (Å²) in [7, 11) is 0. The number of hydrogen-bond acceptors (Lipinski definition) is 0. The molecule has 0 amide bonds. The molecule has 1 aliphatic rings. The van der Waals surface area contributed by atoms with E-state index in [0.717, 1.165) is 6.54 Å². The largest absolute Gasteiger partial charge is 0.348 e. The van der Waals surface area contributed by atoms with E-state index in [2.05, 4.69) is 67.1 Å². The Morgan fingerprint density at radius 3 is 2.68 bits per heavy atom. The van der Waals surface area contributed by atoms with Crippen LogP contribution in [0.1, 0.15) is 43.5 Å². The molecule has 1 nitrogen and oxygen atoms in total. The maximum absolute atomic E-state index is 2.38. The zero-order chi connectivity index (χ0) is 13.2. The second kappa shape index (κ2) is 5.08. The van der Waals surface area contributed by atoms with Gasteiger partial charge >= 0.3 is 0 Å². The van der Waals surface area contributed by atoms with E-state index in [1.807, 2.05) is 0 Å². The van der Waals surface area contributed by atoms with E-state index in [0.29, 0.717) is 0 Å². The van der Waals surface area contributed by atoms with Gasteiger partial charge in [-0.1, -0.05) is 44.5 Å². The zero-order valence-electron chi connectivity index (χ0n) is 11.7. The van der Waals surface area contributed by atoms with E-state index in [-0.39, 0.29) is 0 Å². The average molecular weight is 250 g/mol. The summed E-state index contributed by atoms with van der Waals surface area (Å²) in [5.41, 5.74) is 5.45. The molecule has 19 heavy (non-hydrogen) atoms. The molecule has 0 aliphatic heterocycles. The van der Waals surface area contributed by atoms with Crippen molar-refractivity contribution < 1.29 is 0 Å². The van der Waals surface area contributed by atoms with Crippen molar-refractivity contribution in [3.63, 3.8) is 0 Å². The molecule has 0 atom stereocenters. The maximum Gasteiger partial charge on any atom is 0.0448 e. The summed E-state index contributed by atoms with van der Waals surface area (Å²) in [5.74, 6) is 1.40. The van der Waals surface area contributed by atoms with Crippen LogP contribution in [-0.2, 0) is 6.54 Å². The first-order valence-corrected chi connectivity index (χ1v) is 7.12. The molecule has 3 rings (SSSR count). The monoisotopic (exact) mass is 250 g/mol. The van der Waals surface area contributed by atoms with Gasteiger partial charge in [0.1, 0.15) is 0 Å². The van der Waals surface area contributed by atoms with E-state index < -0.39 is 0 Å². The molecule has 0 spiro atoms. The van der Waals surface area contributed by atoms with Crippen molar-refractivity contribution in [3.8, 4) is 0 Å². The van der Waals surface area contributed by atoms with E-state index in [1.165, 1.54) is 41.2 Å². The fraction of sp³-hybridized carbons (Fsp3) is 0.278. The van der Waals surface area contributed by atoms with Crippen LogP contribution in [0.3, 0.4) is 0 Å². The Morgan fingerprint density at radius 2 is 1.89 bits per heavy atom. The number of nitrogens with zero attached hydrogens (tertiary/aromatic N) is 1. The Hall–Kier alpha value is -1.76. The highest BCUT2D eigenvalue weighted by Gasteiger charge is 2.24. The van der Waals surface area contributed by atoms with Gasteiger partial charge in [-0.05, 0) is 41.3 Å². The zero-order valence-corrected chi connectivity index (χ0v) is 11.7. The Labute approximate surface area is 115 Å². The minimum absolute atomic E-state index is 1.11. The second-order valence-electron chi connectivity index (χ2n) is 5.21. The Morgan fingerprint density at radius 1 is 1.05 bits per heavy atom. The number of aromatic nitrogens is 1. The molecule has 97 valence electrons. The van der Waals surface area contributed by atoms with Crippen LogP contribution >= 0.6 is 0 Å². The average Bonchev–Trinajstić information content (AvgIpc) is 3.01. The number of rotatable bonds is 4. The van der Waals surface area contributed by atoms with Crippen molar-refractivity contribution in [1.29, 1.82) is 0 Å². The normalized spacial score (nSPS) is 14.5.